The Morgan fingerprint density at radius 3 is 2.47 bits per heavy atom. The van der Waals surface area contributed by atoms with Crippen LogP contribution in [0.2, 0.25) is 5.02 Å². The normalized spacial score (nSPS) is 26.1. The van der Waals surface area contributed by atoms with Crippen molar-refractivity contribution in [2.24, 2.45) is 25.9 Å². The van der Waals surface area contributed by atoms with Gasteiger partial charge in [-0.05, 0) is 68.7 Å². The van der Waals surface area contributed by atoms with Gasteiger partial charge in [0, 0.05) is 25.7 Å². The van der Waals surface area contributed by atoms with Gasteiger partial charge in [0.15, 0.2) is 0 Å². The standard InChI is InChI=1S/C24H28ClFN6O2/c1-12-6-19(31(2)29-12)24(34)10-14-7-13(8-15(14)11-24)21-20(22(27)32(3)30-21)23(33)28-16-4-5-18(26)17(25)9-16/h4-6,9,13-15,34H,7-8,10-11,27H2,1-3H3,(H,28,33). The predicted octanol–water partition coefficient (Wildman–Crippen LogP) is 3.88. The monoisotopic (exact) mass is 486 g/mol. The summed E-state index contributed by atoms with van der Waals surface area (Å²) in [7, 11) is 3.58. The largest absolute Gasteiger partial charge is 0.384 e. The van der Waals surface area contributed by atoms with Crippen molar-refractivity contribution in [1.82, 2.24) is 19.6 Å². The number of nitrogens with one attached hydrogen (secondary N) is 1. The van der Waals surface area contributed by atoms with Crippen molar-refractivity contribution in [3.63, 3.8) is 0 Å². The average molecular weight is 487 g/mol. The molecule has 5 rings (SSSR count). The molecule has 180 valence electrons. The van der Waals surface area contributed by atoms with E-state index in [9.17, 15) is 14.3 Å². The molecule has 0 aliphatic heterocycles. The predicted molar refractivity (Wildman–Crippen MR) is 127 cm³/mol. The van der Waals surface area contributed by atoms with Gasteiger partial charge in [0.2, 0.25) is 0 Å². The highest BCUT2D eigenvalue weighted by molar-refractivity contribution is 6.31. The van der Waals surface area contributed by atoms with Crippen LogP contribution in [0.3, 0.4) is 0 Å². The van der Waals surface area contributed by atoms with E-state index in [1.54, 1.807) is 11.7 Å². The third kappa shape index (κ3) is 3.76. The van der Waals surface area contributed by atoms with Crippen molar-refractivity contribution >= 4 is 29.0 Å². The molecule has 4 N–H and O–H groups in total. The number of rotatable bonds is 4. The van der Waals surface area contributed by atoms with E-state index >= 15 is 0 Å². The topological polar surface area (TPSA) is 111 Å². The van der Waals surface area contributed by atoms with Gasteiger partial charge in [0.1, 0.15) is 22.8 Å². The van der Waals surface area contributed by atoms with E-state index in [0.29, 0.717) is 41.6 Å². The second-order valence-corrected chi connectivity index (χ2v) is 10.2. The molecule has 0 bridgehead atoms. The summed E-state index contributed by atoms with van der Waals surface area (Å²) >= 11 is 5.85. The number of anilines is 2. The van der Waals surface area contributed by atoms with Crippen molar-refractivity contribution < 1.29 is 14.3 Å². The lowest BCUT2D eigenvalue weighted by molar-refractivity contribution is 0.0263. The number of amides is 1. The highest BCUT2D eigenvalue weighted by atomic mass is 35.5. The number of carbonyl (C=O) groups excluding carboxylic acids is 1. The first-order valence-electron chi connectivity index (χ1n) is 11.4. The molecule has 1 amide bonds. The molecule has 3 aromatic rings. The molecule has 0 spiro atoms. The van der Waals surface area contributed by atoms with Crippen LogP contribution in [-0.2, 0) is 19.7 Å². The maximum Gasteiger partial charge on any atom is 0.261 e. The van der Waals surface area contributed by atoms with Crippen molar-refractivity contribution in [3.05, 3.63) is 57.8 Å². The quantitative estimate of drug-likeness (QED) is 0.518. The van der Waals surface area contributed by atoms with Gasteiger partial charge in [-0.1, -0.05) is 11.6 Å². The fourth-order valence-electron chi connectivity index (χ4n) is 5.99. The molecule has 2 aliphatic rings. The number of aryl methyl sites for hydroxylation is 3. The minimum atomic E-state index is -0.887. The zero-order valence-electron chi connectivity index (χ0n) is 19.3. The van der Waals surface area contributed by atoms with Crippen LogP contribution in [0.25, 0.3) is 0 Å². The number of carbonyl (C=O) groups is 1. The van der Waals surface area contributed by atoms with Gasteiger partial charge in [-0.25, -0.2) is 4.39 Å². The number of halogens is 2. The van der Waals surface area contributed by atoms with Gasteiger partial charge in [-0.15, -0.1) is 0 Å². The lowest BCUT2D eigenvalue weighted by Gasteiger charge is -2.25. The zero-order valence-corrected chi connectivity index (χ0v) is 20.1. The smallest absolute Gasteiger partial charge is 0.261 e. The summed E-state index contributed by atoms with van der Waals surface area (Å²) in [6.07, 6.45) is 2.96. The third-order valence-electron chi connectivity index (χ3n) is 7.43. The Kier molecular flexibility index (Phi) is 5.44. The van der Waals surface area contributed by atoms with Gasteiger partial charge in [-0.2, -0.15) is 10.2 Å². The zero-order chi connectivity index (χ0) is 24.4. The molecule has 2 aromatic heterocycles. The molecule has 8 nitrogen and oxygen atoms in total. The van der Waals surface area contributed by atoms with Crippen LogP contribution in [-0.4, -0.2) is 30.6 Å². The summed E-state index contributed by atoms with van der Waals surface area (Å²) in [4.78, 5) is 13.2. The van der Waals surface area contributed by atoms with E-state index in [1.807, 2.05) is 20.0 Å². The number of nitrogens with two attached hydrogens (primary N) is 1. The second-order valence-electron chi connectivity index (χ2n) is 9.77. The fraction of sp³-hybridized carbons (Fsp3) is 0.458. The lowest BCUT2D eigenvalue weighted by atomic mass is 9.89. The summed E-state index contributed by atoms with van der Waals surface area (Å²) in [6, 6.07) is 5.98. The van der Waals surface area contributed by atoms with Crippen LogP contribution >= 0.6 is 11.6 Å². The van der Waals surface area contributed by atoms with Crippen molar-refractivity contribution in [2.75, 3.05) is 11.1 Å². The number of benzene rings is 1. The number of nitrogen functional groups attached to an aromatic ring is 1. The first-order chi connectivity index (χ1) is 16.1. The maximum absolute atomic E-state index is 13.5. The molecule has 0 saturated heterocycles. The highest BCUT2D eigenvalue weighted by Gasteiger charge is 2.51. The molecule has 2 aliphatic carbocycles. The number of nitrogens with zero attached hydrogens (tertiary/aromatic N) is 4. The average Bonchev–Trinajstić information content (AvgIpc) is 3.47. The van der Waals surface area contributed by atoms with Crippen LogP contribution in [0.15, 0.2) is 24.3 Å². The third-order valence-corrected chi connectivity index (χ3v) is 7.72. The first-order valence-corrected chi connectivity index (χ1v) is 11.8. The molecule has 2 unspecified atom stereocenters. The fourth-order valence-corrected chi connectivity index (χ4v) is 6.17. The van der Waals surface area contributed by atoms with Crippen LogP contribution in [0.1, 0.15) is 59.0 Å². The second kappa shape index (κ2) is 8.09. The van der Waals surface area contributed by atoms with Crippen LogP contribution in [0, 0.1) is 24.6 Å². The number of hydrogen-bond acceptors (Lipinski definition) is 5. The summed E-state index contributed by atoms with van der Waals surface area (Å²) in [5, 5.41) is 23.1. The van der Waals surface area contributed by atoms with Gasteiger partial charge in [0.25, 0.3) is 5.91 Å². The van der Waals surface area contributed by atoms with E-state index in [4.69, 9.17) is 17.3 Å². The Morgan fingerprint density at radius 2 is 1.88 bits per heavy atom. The van der Waals surface area contributed by atoms with E-state index < -0.39 is 17.3 Å². The van der Waals surface area contributed by atoms with Crippen molar-refractivity contribution in [2.45, 2.75) is 44.1 Å². The van der Waals surface area contributed by atoms with Crippen LogP contribution < -0.4 is 11.1 Å². The van der Waals surface area contributed by atoms with Gasteiger partial charge in [-0.3, -0.25) is 14.2 Å². The first kappa shape index (κ1) is 22.9. The van der Waals surface area contributed by atoms with Gasteiger partial charge < -0.3 is 16.2 Å². The summed E-state index contributed by atoms with van der Waals surface area (Å²) in [6.45, 7) is 1.93. The summed E-state index contributed by atoms with van der Waals surface area (Å²) in [5.74, 6) is 0.0243. The molecular weight excluding hydrogens is 459 g/mol. The number of aliphatic hydroxyl groups is 1. The summed E-state index contributed by atoms with van der Waals surface area (Å²) in [5.41, 5.74) is 8.48. The molecule has 2 atom stereocenters. The van der Waals surface area contributed by atoms with E-state index in [0.717, 1.165) is 24.2 Å². The molecule has 1 aromatic carbocycles. The van der Waals surface area contributed by atoms with E-state index in [1.165, 1.54) is 22.9 Å². The molecule has 2 heterocycles. The molecule has 10 heteroatoms. The van der Waals surface area contributed by atoms with Crippen molar-refractivity contribution in [3.8, 4) is 0 Å². The van der Waals surface area contributed by atoms with E-state index in [2.05, 4.69) is 15.5 Å². The Bertz CT molecular complexity index is 1270. The highest BCUT2D eigenvalue weighted by Crippen LogP contribution is 2.57. The van der Waals surface area contributed by atoms with Gasteiger partial charge >= 0.3 is 0 Å². The number of fused-ring (bicyclic) bond motifs is 1. The Hall–Kier alpha value is -2.91. The van der Waals surface area contributed by atoms with E-state index in [-0.39, 0.29) is 16.8 Å². The Morgan fingerprint density at radius 1 is 1.21 bits per heavy atom. The molecule has 34 heavy (non-hydrogen) atoms. The molecule has 2 saturated carbocycles. The lowest BCUT2D eigenvalue weighted by Crippen LogP contribution is -2.26. The van der Waals surface area contributed by atoms with Gasteiger partial charge in [0.05, 0.1) is 22.1 Å². The SMILES string of the molecule is Cc1cc(C2(O)CC3CC(c4nn(C)c(N)c4C(=O)Nc4ccc(F)c(Cl)c4)CC3C2)n(C)n1. The number of hydrogen-bond donors (Lipinski definition) is 3. The minimum Gasteiger partial charge on any atom is -0.384 e. The Labute approximate surface area is 201 Å². The van der Waals surface area contributed by atoms with Crippen molar-refractivity contribution in [1.29, 1.82) is 0 Å². The van der Waals surface area contributed by atoms with Crippen LogP contribution in [0.5, 0.6) is 0 Å². The number of aromatic nitrogens is 4. The minimum absolute atomic E-state index is 0.0638. The van der Waals surface area contributed by atoms with Crippen LogP contribution in [0.4, 0.5) is 15.9 Å². The maximum atomic E-state index is 13.5. The molecule has 2 fully saturated rings. The summed E-state index contributed by atoms with van der Waals surface area (Å²) < 4.78 is 16.8. The molecular formula is C24H28ClFN6O2. The molecule has 0 radical (unpaired) electrons. The Balaban J connectivity index is 1.36.